The fraction of sp³-hybridized carbons (Fsp3) is 0.440. The van der Waals surface area contributed by atoms with Crippen LogP contribution in [0.2, 0.25) is 0 Å². The van der Waals surface area contributed by atoms with Crippen LogP contribution in [-0.4, -0.2) is 42.4 Å². The molecular formula is C25H32N4O4. The van der Waals surface area contributed by atoms with Gasteiger partial charge in [-0.3, -0.25) is 14.4 Å². The van der Waals surface area contributed by atoms with E-state index in [1.165, 1.54) is 11.3 Å². The third kappa shape index (κ3) is 7.89. The van der Waals surface area contributed by atoms with E-state index >= 15 is 0 Å². The molecule has 33 heavy (non-hydrogen) atoms. The minimum Gasteiger partial charge on any atom is -0.497 e. The number of nitrogens with one attached hydrogen (secondary N) is 2. The van der Waals surface area contributed by atoms with Crippen molar-refractivity contribution in [3.8, 4) is 5.75 Å². The summed E-state index contributed by atoms with van der Waals surface area (Å²) in [5.74, 6) is 0.577. The molecule has 0 aliphatic heterocycles. The Bertz CT molecular complexity index is 912. The number of methoxy groups -OCH3 is 1. The zero-order valence-corrected chi connectivity index (χ0v) is 19.1. The molecule has 8 heteroatoms. The number of pyridine rings is 1. The lowest BCUT2D eigenvalue weighted by Crippen LogP contribution is -2.45. The van der Waals surface area contributed by atoms with E-state index in [1.54, 1.807) is 55.8 Å². The van der Waals surface area contributed by atoms with Crippen LogP contribution in [0, 0.1) is 0 Å². The molecule has 0 unspecified atom stereocenters. The van der Waals surface area contributed by atoms with Crippen LogP contribution in [0.15, 0.2) is 48.7 Å². The van der Waals surface area contributed by atoms with Crippen LogP contribution in [0.25, 0.3) is 0 Å². The van der Waals surface area contributed by atoms with Gasteiger partial charge in [-0.25, -0.2) is 4.98 Å². The standard InChI is InChI=1S/C25H32N4O4/c1-33-21-15-13-20(14-16-21)29(18-24(31)27-19-8-3-2-4-9-19)25(32)12-7-11-23(30)28-22-10-5-6-17-26-22/h5-6,10,13-17,19H,2-4,7-9,11-12,18H2,1H3,(H,27,31)(H,26,28,30). The Morgan fingerprint density at radius 3 is 2.42 bits per heavy atom. The fourth-order valence-electron chi connectivity index (χ4n) is 3.93. The summed E-state index contributed by atoms with van der Waals surface area (Å²) in [6, 6.07) is 12.5. The van der Waals surface area contributed by atoms with Crippen LogP contribution in [0.5, 0.6) is 5.75 Å². The molecule has 0 saturated heterocycles. The lowest BCUT2D eigenvalue weighted by Gasteiger charge is -2.26. The van der Waals surface area contributed by atoms with Gasteiger partial charge in [-0.1, -0.05) is 25.3 Å². The summed E-state index contributed by atoms with van der Waals surface area (Å²) in [4.78, 5) is 43.4. The molecule has 1 aliphatic rings. The van der Waals surface area contributed by atoms with E-state index in [1.807, 2.05) is 0 Å². The number of benzene rings is 1. The normalized spacial score (nSPS) is 13.7. The average molecular weight is 453 g/mol. The molecular weight excluding hydrogens is 420 g/mol. The van der Waals surface area contributed by atoms with Gasteiger partial charge in [-0.2, -0.15) is 0 Å². The maximum Gasteiger partial charge on any atom is 0.240 e. The van der Waals surface area contributed by atoms with Crippen LogP contribution in [0.1, 0.15) is 51.4 Å². The SMILES string of the molecule is COc1ccc(N(CC(=O)NC2CCCCC2)C(=O)CCCC(=O)Nc2ccccn2)cc1. The van der Waals surface area contributed by atoms with Gasteiger partial charge in [0.25, 0.3) is 0 Å². The lowest BCUT2D eigenvalue weighted by atomic mass is 9.95. The van der Waals surface area contributed by atoms with Gasteiger partial charge in [0.05, 0.1) is 7.11 Å². The quantitative estimate of drug-likeness (QED) is 0.573. The van der Waals surface area contributed by atoms with Gasteiger partial charge < -0.3 is 20.3 Å². The van der Waals surface area contributed by atoms with Crippen molar-refractivity contribution in [1.82, 2.24) is 10.3 Å². The van der Waals surface area contributed by atoms with Gasteiger partial charge in [0.15, 0.2) is 0 Å². The number of hydrogen-bond acceptors (Lipinski definition) is 5. The number of carbonyl (C=O) groups is 3. The topological polar surface area (TPSA) is 101 Å². The number of ether oxygens (including phenoxy) is 1. The third-order valence-electron chi connectivity index (χ3n) is 5.68. The molecule has 0 atom stereocenters. The molecule has 0 bridgehead atoms. The second-order valence-electron chi connectivity index (χ2n) is 8.20. The van der Waals surface area contributed by atoms with Crippen molar-refractivity contribution >= 4 is 29.2 Å². The van der Waals surface area contributed by atoms with E-state index in [9.17, 15) is 14.4 Å². The minimum absolute atomic E-state index is 0.0538. The van der Waals surface area contributed by atoms with Crippen molar-refractivity contribution in [2.24, 2.45) is 0 Å². The van der Waals surface area contributed by atoms with Crippen molar-refractivity contribution in [3.05, 3.63) is 48.7 Å². The Balaban J connectivity index is 1.57. The van der Waals surface area contributed by atoms with E-state index in [-0.39, 0.29) is 43.1 Å². The molecule has 2 aromatic rings. The van der Waals surface area contributed by atoms with Gasteiger partial charge >= 0.3 is 0 Å². The van der Waals surface area contributed by atoms with E-state index in [0.29, 0.717) is 23.7 Å². The van der Waals surface area contributed by atoms with Crippen molar-refractivity contribution < 1.29 is 19.1 Å². The number of anilines is 2. The predicted octanol–water partition coefficient (Wildman–Crippen LogP) is 3.68. The third-order valence-corrected chi connectivity index (χ3v) is 5.68. The van der Waals surface area contributed by atoms with Crippen LogP contribution in [0.4, 0.5) is 11.5 Å². The summed E-state index contributed by atoms with van der Waals surface area (Å²) >= 11 is 0. The number of aromatic nitrogens is 1. The summed E-state index contributed by atoms with van der Waals surface area (Å²) < 4.78 is 5.20. The first-order chi connectivity index (χ1) is 16.0. The monoisotopic (exact) mass is 452 g/mol. The Labute approximate surface area is 194 Å². The van der Waals surface area contributed by atoms with E-state index < -0.39 is 0 Å². The first kappa shape index (κ1) is 24.2. The van der Waals surface area contributed by atoms with Gasteiger partial charge in [-0.05, 0) is 55.7 Å². The van der Waals surface area contributed by atoms with Crippen molar-refractivity contribution in [2.75, 3.05) is 23.9 Å². The van der Waals surface area contributed by atoms with Gasteiger partial charge in [0.1, 0.15) is 18.1 Å². The maximum absolute atomic E-state index is 13.0. The number of nitrogens with zero attached hydrogens (tertiary/aromatic N) is 2. The highest BCUT2D eigenvalue weighted by molar-refractivity contribution is 5.99. The highest BCUT2D eigenvalue weighted by Gasteiger charge is 2.22. The second kappa shape index (κ2) is 12.6. The van der Waals surface area contributed by atoms with E-state index in [4.69, 9.17) is 4.74 Å². The molecule has 3 amide bonds. The molecule has 0 spiro atoms. The van der Waals surface area contributed by atoms with Gasteiger partial charge in [0, 0.05) is 30.8 Å². The lowest BCUT2D eigenvalue weighted by molar-refractivity contribution is -0.124. The van der Waals surface area contributed by atoms with Gasteiger partial charge in [-0.15, -0.1) is 0 Å². The smallest absolute Gasteiger partial charge is 0.240 e. The zero-order chi connectivity index (χ0) is 23.5. The van der Waals surface area contributed by atoms with Crippen LogP contribution in [0.3, 0.4) is 0 Å². The molecule has 1 aliphatic carbocycles. The largest absolute Gasteiger partial charge is 0.497 e. The summed E-state index contributed by atoms with van der Waals surface area (Å²) in [7, 11) is 1.57. The Kier molecular flexibility index (Phi) is 9.23. The van der Waals surface area contributed by atoms with Crippen LogP contribution >= 0.6 is 0 Å². The highest BCUT2D eigenvalue weighted by Crippen LogP contribution is 2.21. The summed E-state index contributed by atoms with van der Waals surface area (Å²) in [6.45, 7) is -0.0538. The first-order valence-electron chi connectivity index (χ1n) is 11.5. The van der Waals surface area contributed by atoms with Crippen LogP contribution in [-0.2, 0) is 14.4 Å². The second-order valence-corrected chi connectivity index (χ2v) is 8.20. The average Bonchev–Trinajstić information content (AvgIpc) is 2.84. The van der Waals surface area contributed by atoms with E-state index in [2.05, 4.69) is 15.6 Å². The molecule has 1 fully saturated rings. The minimum atomic E-state index is -0.204. The Morgan fingerprint density at radius 2 is 1.76 bits per heavy atom. The van der Waals surface area contributed by atoms with Gasteiger partial charge in [0.2, 0.25) is 17.7 Å². The number of hydrogen-bond donors (Lipinski definition) is 2. The maximum atomic E-state index is 13.0. The molecule has 176 valence electrons. The fourth-order valence-corrected chi connectivity index (χ4v) is 3.93. The molecule has 1 aromatic heterocycles. The molecule has 0 radical (unpaired) electrons. The molecule has 3 rings (SSSR count). The Morgan fingerprint density at radius 1 is 1.00 bits per heavy atom. The number of amides is 3. The molecule has 1 heterocycles. The van der Waals surface area contributed by atoms with Crippen molar-refractivity contribution in [3.63, 3.8) is 0 Å². The molecule has 8 nitrogen and oxygen atoms in total. The summed E-state index contributed by atoms with van der Waals surface area (Å²) in [5, 5.41) is 5.78. The van der Waals surface area contributed by atoms with Crippen LogP contribution < -0.4 is 20.3 Å². The Hall–Kier alpha value is -3.42. The van der Waals surface area contributed by atoms with Crippen molar-refractivity contribution in [2.45, 2.75) is 57.4 Å². The highest BCUT2D eigenvalue weighted by atomic mass is 16.5. The van der Waals surface area contributed by atoms with E-state index in [0.717, 1.165) is 25.7 Å². The summed E-state index contributed by atoms with van der Waals surface area (Å²) in [5.41, 5.74) is 0.623. The zero-order valence-electron chi connectivity index (χ0n) is 19.1. The molecule has 1 aromatic carbocycles. The number of rotatable bonds is 10. The first-order valence-corrected chi connectivity index (χ1v) is 11.5. The molecule has 1 saturated carbocycles. The molecule has 2 N–H and O–H groups in total. The summed E-state index contributed by atoms with van der Waals surface area (Å²) in [6.07, 6.45) is 7.71. The number of carbonyl (C=O) groups excluding carboxylic acids is 3. The predicted molar refractivity (Wildman–Crippen MR) is 127 cm³/mol. The van der Waals surface area contributed by atoms with Crippen molar-refractivity contribution in [1.29, 1.82) is 0 Å².